The largest absolute Gasteiger partial charge is 0.393 e. The Bertz CT molecular complexity index is 124. The number of fused-ring (bicyclic) bond motifs is 1. The maximum Gasteiger partial charge on any atom is 0.118 e. The third-order valence-electron chi connectivity index (χ3n) is 2.49. The molecular formula is C7H12O2. The number of ether oxygens (including phenoxy) is 1. The average molecular weight is 128 g/mol. The molecule has 0 radical (unpaired) electrons. The van der Waals surface area contributed by atoms with Crippen molar-refractivity contribution in [2.45, 2.75) is 37.4 Å². The molecule has 2 nitrogen and oxygen atoms in total. The van der Waals surface area contributed by atoms with E-state index < -0.39 is 0 Å². The lowest BCUT2D eigenvalue weighted by atomic mass is 9.90. The first kappa shape index (κ1) is 5.69. The highest BCUT2D eigenvalue weighted by atomic mass is 16.6. The molecule has 0 bridgehead atoms. The van der Waals surface area contributed by atoms with Crippen molar-refractivity contribution in [2.75, 3.05) is 6.61 Å². The van der Waals surface area contributed by atoms with Gasteiger partial charge >= 0.3 is 0 Å². The fraction of sp³-hybridized carbons (Fsp3) is 1.00. The van der Waals surface area contributed by atoms with Crippen molar-refractivity contribution in [1.82, 2.24) is 0 Å². The SMILES string of the molecule is OC[C@]12CCCC[C@H]1O2. The summed E-state index contributed by atoms with van der Waals surface area (Å²) in [5.74, 6) is 0. The van der Waals surface area contributed by atoms with Crippen LogP contribution in [0.5, 0.6) is 0 Å². The Morgan fingerprint density at radius 3 is 3.00 bits per heavy atom. The molecule has 9 heavy (non-hydrogen) atoms. The van der Waals surface area contributed by atoms with Gasteiger partial charge in [0.25, 0.3) is 0 Å². The van der Waals surface area contributed by atoms with Crippen LogP contribution in [0.15, 0.2) is 0 Å². The Morgan fingerprint density at radius 2 is 2.44 bits per heavy atom. The average Bonchev–Trinajstić information content (AvgIpc) is 2.62. The van der Waals surface area contributed by atoms with Crippen molar-refractivity contribution in [3.63, 3.8) is 0 Å². The molecule has 52 valence electrons. The number of epoxide rings is 1. The highest BCUT2D eigenvalue weighted by molar-refractivity contribution is 5.04. The molecule has 1 heterocycles. The zero-order valence-electron chi connectivity index (χ0n) is 5.47. The molecular weight excluding hydrogens is 116 g/mol. The number of aliphatic hydroxyl groups excluding tert-OH is 1. The first-order valence-electron chi connectivity index (χ1n) is 3.66. The van der Waals surface area contributed by atoms with Crippen molar-refractivity contribution in [3.8, 4) is 0 Å². The number of hydrogen-bond acceptors (Lipinski definition) is 2. The fourth-order valence-electron chi connectivity index (χ4n) is 1.76. The lowest BCUT2D eigenvalue weighted by Gasteiger charge is -2.12. The smallest absolute Gasteiger partial charge is 0.118 e. The Labute approximate surface area is 54.8 Å². The molecule has 0 spiro atoms. The van der Waals surface area contributed by atoms with Gasteiger partial charge in [-0.2, -0.15) is 0 Å². The normalized spacial score (nSPS) is 48.3. The Hall–Kier alpha value is -0.0800. The zero-order chi connectivity index (χ0) is 6.32. The van der Waals surface area contributed by atoms with Crippen molar-refractivity contribution in [2.24, 2.45) is 0 Å². The van der Waals surface area contributed by atoms with Gasteiger partial charge in [-0.05, 0) is 12.8 Å². The van der Waals surface area contributed by atoms with E-state index in [-0.39, 0.29) is 12.2 Å². The lowest BCUT2D eigenvalue weighted by Crippen LogP contribution is -2.23. The summed E-state index contributed by atoms with van der Waals surface area (Å²) >= 11 is 0. The third kappa shape index (κ3) is 0.700. The molecule has 2 heteroatoms. The lowest BCUT2D eigenvalue weighted by molar-refractivity contribution is 0.163. The van der Waals surface area contributed by atoms with E-state index in [0.29, 0.717) is 6.10 Å². The summed E-state index contributed by atoms with van der Waals surface area (Å²) < 4.78 is 5.36. The quantitative estimate of drug-likeness (QED) is 0.527. The monoisotopic (exact) mass is 128 g/mol. The molecule has 1 N–H and O–H groups in total. The molecule has 0 unspecified atom stereocenters. The molecule has 2 atom stereocenters. The third-order valence-corrected chi connectivity index (χ3v) is 2.49. The minimum absolute atomic E-state index is 0.0573. The Kier molecular flexibility index (Phi) is 1.08. The zero-order valence-corrected chi connectivity index (χ0v) is 5.47. The summed E-state index contributed by atoms with van der Waals surface area (Å²) in [6.45, 7) is 0.234. The number of aliphatic hydroxyl groups is 1. The van der Waals surface area contributed by atoms with Crippen LogP contribution in [0, 0.1) is 0 Å². The Balaban J connectivity index is 2.01. The van der Waals surface area contributed by atoms with Gasteiger partial charge in [0.15, 0.2) is 0 Å². The van der Waals surface area contributed by atoms with Crippen LogP contribution in [-0.4, -0.2) is 23.4 Å². The van der Waals surface area contributed by atoms with Gasteiger partial charge in [-0.15, -0.1) is 0 Å². The van der Waals surface area contributed by atoms with Gasteiger partial charge in [-0.3, -0.25) is 0 Å². The maximum atomic E-state index is 8.87. The van der Waals surface area contributed by atoms with Gasteiger partial charge < -0.3 is 9.84 Å². The maximum absolute atomic E-state index is 8.87. The van der Waals surface area contributed by atoms with E-state index in [4.69, 9.17) is 9.84 Å². The molecule has 2 rings (SSSR count). The number of hydrogen-bond donors (Lipinski definition) is 1. The molecule has 1 aliphatic carbocycles. The van der Waals surface area contributed by atoms with Crippen LogP contribution in [0.3, 0.4) is 0 Å². The second kappa shape index (κ2) is 1.70. The molecule has 1 saturated heterocycles. The fourth-order valence-corrected chi connectivity index (χ4v) is 1.76. The first-order chi connectivity index (χ1) is 4.37. The minimum Gasteiger partial charge on any atom is -0.393 e. The van der Waals surface area contributed by atoms with Gasteiger partial charge in [0.2, 0.25) is 0 Å². The van der Waals surface area contributed by atoms with E-state index in [2.05, 4.69) is 0 Å². The molecule has 1 saturated carbocycles. The predicted molar refractivity (Wildman–Crippen MR) is 33.2 cm³/mol. The van der Waals surface area contributed by atoms with Gasteiger partial charge in [0.05, 0.1) is 12.7 Å². The topological polar surface area (TPSA) is 32.8 Å². The van der Waals surface area contributed by atoms with Gasteiger partial charge in [0, 0.05) is 0 Å². The van der Waals surface area contributed by atoms with E-state index in [1.165, 1.54) is 19.3 Å². The van der Waals surface area contributed by atoms with Crippen LogP contribution in [0.25, 0.3) is 0 Å². The highest BCUT2D eigenvalue weighted by Gasteiger charge is 2.56. The molecule has 2 aliphatic rings. The van der Waals surface area contributed by atoms with Crippen LogP contribution in [0.1, 0.15) is 25.7 Å². The molecule has 1 aliphatic heterocycles. The second-order valence-electron chi connectivity index (χ2n) is 3.08. The van der Waals surface area contributed by atoms with Crippen molar-refractivity contribution in [3.05, 3.63) is 0 Å². The summed E-state index contributed by atoms with van der Waals surface area (Å²) in [4.78, 5) is 0. The summed E-state index contributed by atoms with van der Waals surface area (Å²) in [5.41, 5.74) is -0.0573. The summed E-state index contributed by atoms with van der Waals surface area (Å²) in [6, 6.07) is 0. The van der Waals surface area contributed by atoms with Crippen LogP contribution in [-0.2, 0) is 4.74 Å². The standard InChI is InChI=1S/C7H12O2/c8-5-7-4-2-1-3-6(7)9-7/h6,8H,1-5H2/t6-,7-/m1/s1. The summed E-state index contributed by atoms with van der Waals surface area (Å²) in [5, 5.41) is 8.87. The van der Waals surface area contributed by atoms with E-state index in [1.54, 1.807) is 0 Å². The molecule has 0 aromatic carbocycles. The second-order valence-corrected chi connectivity index (χ2v) is 3.08. The number of rotatable bonds is 1. The van der Waals surface area contributed by atoms with Crippen LogP contribution >= 0.6 is 0 Å². The Morgan fingerprint density at radius 1 is 1.56 bits per heavy atom. The summed E-state index contributed by atoms with van der Waals surface area (Å²) in [7, 11) is 0. The van der Waals surface area contributed by atoms with E-state index in [9.17, 15) is 0 Å². The predicted octanol–water partition coefficient (Wildman–Crippen LogP) is 0.690. The summed E-state index contributed by atoms with van der Waals surface area (Å²) in [6.07, 6.45) is 5.18. The van der Waals surface area contributed by atoms with Crippen LogP contribution in [0.2, 0.25) is 0 Å². The van der Waals surface area contributed by atoms with Crippen LogP contribution < -0.4 is 0 Å². The molecule has 2 fully saturated rings. The van der Waals surface area contributed by atoms with Gasteiger partial charge in [0.1, 0.15) is 5.60 Å². The van der Waals surface area contributed by atoms with Gasteiger partial charge in [-0.25, -0.2) is 0 Å². The van der Waals surface area contributed by atoms with Crippen molar-refractivity contribution < 1.29 is 9.84 Å². The molecule has 0 aromatic rings. The van der Waals surface area contributed by atoms with Crippen LogP contribution in [0.4, 0.5) is 0 Å². The van der Waals surface area contributed by atoms with E-state index in [0.717, 1.165) is 6.42 Å². The molecule has 0 aromatic heterocycles. The van der Waals surface area contributed by atoms with E-state index in [1.807, 2.05) is 0 Å². The van der Waals surface area contributed by atoms with Gasteiger partial charge in [-0.1, -0.05) is 12.8 Å². The van der Waals surface area contributed by atoms with Crippen molar-refractivity contribution >= 4 is 0 Å². The van der Waals surface area contributed by atoms with Crippen molar-refractivity contribution in [1.29, 1.82) is 0 Å². The van der Waals surface area contributed by atoms with E-state index >= 15 is 0 Å². The minimum atomic E-state index is -0.0573. The highest BCUT2D eigenvalue weighted by Crippen LogP contribution is 2.47. The molecule has 0 amide bonds. The first-order valence-corrected chi connectivity index (χ1v) is 3.66.